The van der Waals surface area contributed by atoms with Crippen molar-refractivity contribution < 1.29 is 9.47 Å². The maximum Gasteiger partial charge on any atom is 0.0484 e. The summed E-state index contributed by atoms with van der Waals surface area (Å²) in [7, 11) is 2.23. The van der Waals surface area contributed by atoms with Crippen LogP contribution in [0.4, 0.5) is 0 Å². The van der Waals surface area contributed by atoms with E-state index in [0.29, 0.717) is 0 Å². The van der Waals surface area contributed by atoms with Crippen LogP contribution in [0.3, 0.4) is 0 Å². The monoisotopic (exact) mass is 242 g/mol. The van der Waals surface area contributed by atoms with Crippen LogP contribution in [0.5, 0.6) is 0 Å². The predicted octanol–water partition coefficient (Wildman–Crippen LogP) is 0.853. The third-order valence-corrected chi connectivity index (χ3v) is 4.49. The highest BCUT2D eigenvalue weighted by Crippen LogP contribution is 2.28. The number of nitrogens with zero attached hydrogens (tertiary/aromatic N) is 1. The first-order valence-corrected chi connectivity index (χ1v) is 6.84. The summed E-state index contributed by atoms with van der Waals surface area (Å²) in [5.41, 5.74) is 6.20. The van der Waals surface area contributed by atoms with Crippen LogP contribution in [0.1, 0.15) is 25.7 Å². The van der Waals surface area contributed by atoms with Crippen molar-refractivity contribution in [3.63, 3.8) is 0 Å². The molecule has 0 amide bonds. The first kappa shape index (κ1) is 13.3. The fourth-order valence-corrected chi connectivity index (χ4v) is 3.00. The van der Waals surface area contributed by atoms with Crippen LogP contribution in [0.15, 0.2) is 0 Å². The van der Waals surface area contributed by atoms with Crippen LogP contribution in [0.25, 0.3) is 0 Å². The second-order valence-corrected chi connectivity index (χ2v) is 5.48. The second kappa shape index (κ2) is 6.14. The third kappa shape index (κ3) is 3.19. The Morgan fingerprint density at radius 1 is 1.12 bits per heavy atom. The van der Waals surface area contributed by atoms with E-state index < -0.39 is 0 Å². The molecule has 2 heterocycles. The summed E-state index contributed by atoms with van der Waals surface area (Å²) >= 11 is 0. The number of likely N-dealkylation sites (N-methyl/N-ethyl adjacent to an activating group) is 1. The summed E-state index contributed by atoms with van der Waals surface area (Å²) in [6, 6.07) is 0. The van der Waals surface area contributed by atoms with Crippen molar-refractivity contribution in [3.8, 4) is 0 Å². The molecule has 0 bridgehead atoms. The maximum atomic E-state index is 6.02. The minimum atomic E-state index is 0.177. The quantitative estimate of drug-likeness (QED) is 0.794. The van der Waals surface area contributed by atoms with Crippen molar-refractivity contribution >= 4 is 0 Å². The molecule has 4 heteroatoms. The average molecular weight is 242 g/mol. The maximum absolute atomic E-state index is 6.02. The highest BCUT2D eigenvalue weighted by Gasteiger charge is 2.36. The average Bonchev–Trinajstić information content (AvgIpc) is 2.40. The van der Waals surface area contributed by atoms with Crippen LogP contribution in [0, 0.1) is 5.92 Å². The molecule has 17 heavy (non-hydrogen) atoms. The summed E-state index contributed by atoms with van der Waals surface area (Å²) < 4.78 is 10.9. The minimum absolute atomic E-state index is 0.177. The van der Waals surface area contributed by atoms with E-state index in [9.17, 15) is 0 Å². The molecule has 0 saturated carbocycles. The van der Waals surface area contributed by atoms with Gasteiger partial charge in [0.15, 0.2) is 0 Å². The van der Waals surface area contributed by atoms with Gasteiger partial charge in [-0.2, -0.15) is 0 Å². The lowest BCUT2D eigenvalue weighted by atomic mass is 9.87. The lowest BCUT2D eigenvalue weighted by Gasteiger charge is -2.45. The van der Waals surface area contributed by atoms with Gasteiger partial charge >= 0.3 is 0 Å². The molecule has 0 atom stereocenters. The molecule has 2 rings (SSSR count). The zero-order valence-electron chi connectivity index (χ0n) is 11.0. The van der Waals surface area contributed by atoms with Crippen LogP contribution in [0.2, 0.25) is 0 Å². The molecular formula is C13H26N2O2. The van der Waals surface area contributed by atoms with Gasteiger partial charge in [0.2, 0.25) is 0 Å². The highest BCUT2D eigenvalue weighted by atomic mass is 16.5. The summed E-state index contributed by atoms with van der Waals surface area (Å²) in [5, 5.41) is 0. The molecule has 0 spiro atoms. The van der Waals surface area contributed by atoms with E-state index in [0.717, 1.165) is 58.3 Å². The highest BCUT2D eigenvalue weighted by molar-refractivity contribution is 4.93. The molecule has 0 aliphatic carbocycles. The van der Waals surface area contributed by atoms with Crippen molar-refractivity contribution in [2.45, 2.75) is 31.2 Å². The normalized spacial score (nSPS) is 26.3. The van der Waals surface area contributed by atoms with Crippen molar-refractivity contribution in [2.75, 3.05) is 46.6 Å². The van der Waals surface area contributed by atoms with E-state index >= 15 is 0 Å². The van der Waals surface area contributed by atoms with Gasteiger partial charge in [-0.1, -0.05) is 0 Å². The van der Waals surface area contributed by atoms with Gasteiger partial charge in [0, 0.05) is 45.1 Å². The lowest BCUT2D eigenvalue weighted by Crippen LogP contribution is -2.56. The van der Waals surface area contributed by atoms with Crippen LogP contribution in [-0.2, 0) is 9.47 Å². The number of hydrogen-bond donors (Lipinski definition) is 1. The zero-order valence-corrected chi connectivity index (χ0v) is 11.0. The topological polar surface area (TPSA) is 47.7 Å². The van der Waals surface area contributed by atoms with Crippen molar-refractivity contribution in [1.82, 2.24) is 4.90 Å². The molecule has 2 fully saturated rings. The van der Waals surface area contributed by atoms with E-state index in [4.69, 9.17) is 15.2 Å². The largest absolute Gasteiger partial charge is 0.381 e. The van der Waals surface area contributed by atoms with E-state index in [1.165, 1.54) is 12.8 Å². The fourth-order valence-electron chi connectivity index (χ4n) is 3.00. The van der Waals surface area contributed by atoms with E-state index in [-0.39, 0.29) is 5.54 Å². The van der Waals surface area contributed by atoms with Crippen LogP contribution in [-0.4, -0.2) is 57.0 Å². The predicted molar refractivity (Wildman–Crippen MR) is 68.0 cm³/mol. The van der Waals surface area contributed by atoms with Gasteiger partial charge in [-0.25, -0.2) is 0 Å². The molecule has 2 N–H and O–H groups in total. The molecule has 2 saturated heterocycles. The number of hydrogen-bond acceptors (Lipinski definition) is 4. The van der Waals surface area contributed by atoms with Crippen LogP contribution >= 0.6 is 0 Å². The molecule has 0 radical (unpaired) electrons. The Morgan fingerprint density at radius 3 is 2.29 bits per heavy atom. The Morgan fingerprint density at radius 2 is 1.71 bits per heavy atom. The van der Waals surface area contributed by atoms with Gasteiger partial charge in [-0.15, -0.1) is 0 Å². The molecule has 4 nitrogen and oxygen atoms in total. The number of nitrogens with two attached hydrogens (primary N) is 1. The molecule has 2 aliphatic rings. The van der Waals surface area contributed by atoms with E-state index in [2.05, 4.69) is 11.9 Å². The summed E-state index contributed by atoms with van der Waals surface area (Å²) in [5.74, 6) is 0.778. The Bertz CT molecular complexity index is 223. The zero-order chi connectivity index (χ0) is 12.1. The molecule has 0 unspecified atom stereocenters. The number of ether oxygens (including phenoxy) is 2. The summed E-state index contributed by atoms with van der Waals surface area (Å²) in [4.78, 5) is 2.49. The smallest absolute Gasteiger partial charge is 0.0484 e. The van der Waals surface area contributed by atoms with E-state index in [1.807, 2.05) is 0 Å². The Hall–Kier alpha value is -0.160. The fraction of sp³-hybridized carbons (Fsp3) is 1.00. The summed E-state index contributed by atoms with van der Waals surface area (Å²) in [6.07, 6.45) is 4.54. The van der Waals surface area contributed by atoms with Gasteiger partial charge in [-0.3, -0.25) is 4.90 Å². The van der Waals surface area contributed by atoms with Crippen molar-refractivity contribution in [2.24, 2.45) is 11.7 Å². The van der Waals surface area contributed by atoms with Crippen LogP contribution < -0.4 is 5.73 Å². The first-order valence-electron chi connectivity index (χ1n) is 6.84. The van der Waals surface area contributed by atoms with E-state index in [1.54, 1.807) is 0 Å². The molecule has 100 valence electrons. The SMILES string of the molecule is CN(CC1CCOCC1)C1(CN)CCOCC1. The lowest BCUT2D eigenvalue weighted by molar-refractivity contribution is -0.0277. The van der Waals surface area contributed by atoms with Gasteiger partial charge in [0.25, 0.3) is 0 Å². The number of rotatable bonds is 4. The molecule has 0 aromatic heterocycles. The Balaban J connectivity index is 1.89. The van der Waals surface area contributed by atoms with Crippen molar-refractivity contribution in [1.29, 1.82) is 0 Å². The molecule has 0 aromatic carbocycles. The standard InChI is InChI=1S/C13H26N2O2/c1-15(10-12-2-6-16-7-3-12)13(11-14)4-8-17-9-5-13/h12H,2-11,14H2,1H3. The van der Waals surface area contributed by atoms with Gasteiger partial charge < -0.3 is 15.2 Å². The molecule has 2 aliphatic heterocycles. The van der Waals surface area contributed by atoms with Gasteiger partial charge in [0.1, 0.15) is 0 Å². The van der Waals surface area contributed by atoms with Gasteiger partial charge in [-0.05, 0) is 38.6 Å². The third-order valence-electron chi connectivity index (χ3n) is 4.49. The van der Waals surface area contributed by atoms with Gasteiger partial charge in [0.05, 0.1) is 0 Å². The second-order valence-electron chi connectivity index (χ2n) is 5.48. The first-order chi connectivity index (χ1) is 8.27. The summed E-state index contributed by atoms with van der Waals surface area (Å²) in [6.45, 7) is 5.47. The molecular weight excluding hydrogens is 216 g/mol. The van der Waals surface area contributed by atoms with Crippen molar-refractivity contribution in [3.05, 3.63) is 0 Å². The Labute approximate surface area is 104 Å². The Kier molecular flexibility index (Phi) is 4.79. The molecule has 0 aromatic rings. The minimum Gasteiger partial charge on any atom is -0.381 e.